The van der Waals surface area contributed by atoms with Gasteiger partial charge in [-0.25, -0.2) is 8.42 Å². The first kappa shape index (κ1) is 23.9. The van der Waals surface area contributed by atoms with Crippen LogP contribution in [0.15, 0.2) is 42.5 Å². The van der Waals surface area contributed by atoms with Gasteiger partial charge >= 0.3 is 0 Å². The van der Waals surface area contributed by atoms with Gasteiger partial charge in [-0.3, -0.25) is 14.0 Å². The Morgan fingerprint density at radius 1 is 1.10 bits per heavy atom. The van der Waals surface area contributed by atoms with Gasteiger partial charge < -0.3 is 5.32 Å². The van der Waals surface area contributed by atoms with E-state index < -0.39 is 22.0 Å². The van der Waals surface area contributed by atoms with Crippen LogP contribution >= 0.6 is 23.2 Å². The van der Waals surface area contributed by atoms with E-state index in [1.165, 1.54) is 37.5 Å². The van der Waals surface area contributed by atoms with Gasteiger partial charge in [-0.2, -0.15) is 0 Å². The molecule has 0 aliphatic carbocycles. The molecule has 1 N–H and O–H groups in total. The molecule has 0 bridgehead atoms. The fraction of sp³-hybridized carbons (Fsp3) is 0.409. The predicted octanol–water partition coefficient (Wildman–Crippen LogP) is 4.06. The van der Waals surface area contributed by atoms with Crippen molar-refractivity contribution in [1.82, 2.24) is 10.2 Å². The summed E-state index contributed by atoms with van der Waals surface area (Å²) in [5, 5.41) is 3.34. The van der Waals surface area contributed by atoms with Crippen molar-refractivity contribution in [2.45, 2.75) is 38.9 Å². The first-order valence-electron chi connectivity index (χ1n) is 10.2. The fourth-order valence-corrected chi connectivity index (χ4v) is 5.34. The lowest BCUT2D eigenvalue weighted by Gasteiger charge is -2.29. The van der Waals surface area contributed by atoms with Gasteiger partial charge in [0.1, 0.15) is 6.04 Å². The van der Waals surface area contributed by atoms with Crippen LogP contribution in [0.25, 0.3) is 0 Å². The Balaban J connectivity index is 1.66. The third-order valence-electron chi connectivity index (χ3n) is 5.33. The highest BCUT2D eigenvalue weighted by Crippen LogP contribution is 2.32. The minimum atomic E-state index is -3.78. The molecular formula is C22H27Cl2N3O3S. The van der Waals surface area contributed by atoms with Crippen molar-refractivity contribution < 1.29 is 13.2 Å². The number of nitrogens with one attached hydrogen (secondary N) is 1. The Morgan fingerprint density at radius 2 is 1.71 bits per heavy atom. The number of nitrogens with zero attached hydrogens (tertiary/aromatic N) is 2. The van der Waals surface area contributed by atoms with Crippen LogP contribution in [0, 0.1) is 0 Å². The number of amides is 1. The molecule has 1 amide bonds. The molecule has 31 heavy (non-hydrogen) atoms. The average molecular weight is 484 g/mol. The molecule has 1 saturated heterocycles. The topological polar surface area (TPSA) is 69.7 Å². The van der Waals surface area contributed by atoms with Crippen molar-refractivity contribution in [3.8, 4) is 0 Å². The van der Waals surface area contributed by atoms with Crippen LogP contribution in [-0.4, -0.2) is 44.6 Å². The van der Waals surface area contributed by atoms with Gasteiger partial charge in [0.15, 0.2) is 0 Å². The van der Waals surface area contributed by atoms with Crippen LogP contribution in [-0.2, 0) is 27.9 Å². The van der Waals surface area contributed by atoms with Crippen LogP contribution in [0.2, 0.25) is 10.0 Å². The van der Waals surface area contributed by atoms with Crippen LogP contribution < -0.4 is 9.62 Å². The van der Waals surface area contributed by atoms with Crippen LogP contribution in [0.1, 0.15) is 30.9 Å². The Hall–Kier alpha value is -1.80. The second-order valence-electron chi connectivity index (χ2n) is 7.85. The number of anilines is 1. The number of rotatable bonds is 8. The van der Waals surface area contributed by atoms with Crippen LogP contribution in [0.4, 0.5) is 5.69 Å². The normalized spacial score (nSPS) is 15.6. The van der Waals surface area contributed by atoms with Crippen molar-refractivity contribution in [2.75, 3.05) is 23.7 Å². The molecule has 1 heterocycles. The van der Waals surface area contributed by atoms with E-state index in [4.69, 9.17) is 23.2 Å². The number of halogens is 2. The van der Waals surface area contributed by atoms with Crippen LogP contribution in [0.5, 0.6) is 0 Å². The molecule has 0 unspecified atom stereocenters. The monoisotopic (exact) mass is 483 g/mol. The van der Waals surface area contributed by atoms with Crippen LogP contribution in [0.3, 0.4) is 0 Å². The van der Waals surface area contributed by atoms with Gasteiger partial charge in [0.25, 0.3) is 0 Å². The number of benzene rings is 2. The van der Waals surface area contributed by atoms with Crippen molar-refractivity contribution >= 4 is 44.8 Å². The minimum Gasteiger partial charge on any atom is -0.350 e. The van der Waals surface area contributed by atoms with Gasteiger partial charge in [-0.05, 0) is 62.2 Å². The summed E-state index contributed by atoms with van der Waals surface area (Å²) in [4.78, 5) is 15.2. The predicted molar refractivity (Wildman–Crippen MR) is 126 cm³/mol. The minimum absolute atomic E-state index is 0.172. The molecule has 1 aliphatic heterocycles. The third kappa shape index (κ3) is 6.35. The maximum Gasteiger partial charge on any atom is 0.243 e. The van der Waals surface area contributed by atoms with Gasteiger partial charge in [-0.15, -0.1) is 0 Å². The zero-order valence-electron chi connectivity index (χ0n) is 17.6. The van der Waals surface area contributed by atoms with Gasteiger partial charge in [0, 0.05) is 18.1 Å². The summed E-state index contributed by atoms with van der Waals surface area (Å²) in [5.41, 5.74) is 2.35. The van der Waals surface area contributed by atoms with Crippen molar-refractivity contribution in [1.29, 1.82) is 0 Å². The Labute approximate surface area is 194 Å². The summed E-state index contributed by atoms with van der Waals surface area (Å²) in [6.07, 6.45) is 3.55. The fourth-order valence-electron chi connectivity index (χ4n) is 3.73. The summed E-state index contributed by atoms with van der Waals surface area (Å²) >= 11 is 12.2. The number of hydrogen-bond donors (Lipinski definition) is 1. The summed E-state index contributed by atoms with van der Waals surface area (Å²) in [7, 11) is -3.78. The maximum absolute atomic E-state index is 12.8. The smallest absolute Gasteiger partial charge is 0.243 e. The van der Waals surface area contributed by atoms with E-state index in [1.807, 2.05) is 12.1 Å². The van der Waals surface area contributed by atoms with Gasteiger partial charge in [0.05, 0.1) is 17.0 Å². The highest BCUT2D eigenvalue weighted by Gasteiger charge is 2.30. The van der Waals surface area contributed by atoms with E-state index in [9.17, 15) is 13.2 Å². The second-order valence-corrected chi connectivity index (χ2v) is 10.6. The first-order chi connectivity index (χ1) is 14.6. The lowest BCUT2D eigenvalue weighted by molar-refractivity contribution is -0.122. The molecule has 2 aromatic rings. The molecule has 1 aliphatic rings. The second kappa shape index (κ2) is 10.2. The standard InChI is InChI=1S/C22H27Cl2N3O3S/c1-16(27(31(2,29)30)21-13-19(23)9-10-20(21)24)22(28)25-14-17-5-7-18(8-6-17)15-26-11-3-4-12-26/h5-10,13,16H,3-4,11-12,14-15H2,1-2H3,(H,25,28)/t16-/m1/s1. The van der Waals surface area contributed by atoms with Gasteiger partial charge in [0.2, 0.25) is 15.9 Å². The zero-order valence-corrected chi connectivity index (χ0v) is 20.0. The molecule has 2 aromatic carbocycles. The molecule has 1 atom stereocenters. The number of likely N-dealkylation sites (tertiary alicyclic amines) is 1. The highest BCUT2D eigenvalue weighted by molar-refractivity contribution is 7.92. The maximum atomic E-state index is 12.8. The Morgan fingerprint density at radius 3 is 2.32 bits per heavy atom. The van der Waals surface area contributed by atoms with E-state index >= 15 is 0 Å². The highest BCUT2D eigenvalue weighted by atomic mass is 35.5. The Bertz CT molecular complexity index is 1020. The molecule has 6 nitrogen and oxygen atoms in total. The third-order valence-corrected chi connectivity index (χ3v) is 7.11. The van der Waals surface area contributed by atoms with E-state index in [0.717, 1.165) is 35.8 Å². The SMILES string of the molecule is C[C@H](C(=O)NCc1ccc(CN2CCCC2)cc1)N(c1cc(Cl)ccc1Cl)S(C)(=O)=O. The molecule has 3 rings (SSSR count). The molecule has 0 saturated carbocycles. The largest absolute Gasteiger partial charge is 0.350 e. The lowest BCUT2D eigenvalue weighted by Crippen LogP contribution is -2.47. The van der Waals surface area contributed by atoms with Crippen molar-refractivity contribution in [3.63, 3.8) is 0 Å². The van der Waals surface area contributed by atoms with E-state index in [-0.39, 0.29) is 10.7 Å². The number of carbonyl (C=O) groups excluding carboxylic acids is 1. The summed E-state index contributed by atoms with van der Waals surface area (Å²) < 4.78 is 25.9. The van der Waals surface area contributed by atoms with Crippen molar-refractivity contribution in [3.05, 3.63) is 63.6 Å². The number of carbonyl (C=O) groups is 1. The molecule has 1 fully saturated rings. The summed E-state index contributed by atoms with van der Waals surface area (Å²) in [6, 6.07) is 11.6. The quantitative estimate of drug-likeness (QED) is 0.614. The van der Waals surface area contributed by atoms with Crippen molar-refractivity contribution in [2.24, 2.45) is 0 Å². The number of hydrogen-bond acceptors (Lipinski definition) is 4. The molecular weight excluding hydrogens is 457 g/mol. The zero-order chi connectivity index (χ0) is 22.6. The molecule has 168 valence electrons. The first-order valence-corrected chi connectivity index (χ1v) is 12.8. The number of sulfonamides is 1. The molecule has 0 aromatic heterocycles. The summed E-state index contributed by atoms with van der Waals surface area (Å²) in [5.74, 6) is -0.428. The lowest BCUT2D eigenvalue weighted by atomic mass is 10.1. The summed E-state index contributed by atoms with van der Waals surface area (Å²) in [6.45, 7) is 5.04. The molecule has 0 radical (unpaired) electrons. The average Bonchev–Trinajstić information content (AvgIpc) is 3.22. The van der Waals surface area contributed by atoms with E-state index in [1.54, 1.807) is 6.07 Å². The molecule has 0 spiro atoms. The van der Waals surface area contributed by atoms with Gasteiger partial charge in [-0.1, -0.05) is 47.5 Å². The molecule has 9 heteroatoms. The van der Waals surface area contributed by atoms with E-state index in [2.05, 4.69) is 22.3 Å². The Kier molecular flexibility index (Phi) is 7.86. The van der Waals surface area contributed by atoms with E-state index in [0.29, 0.717) is 11.6 Å².